The third kappa shape index (κ3) is 4.62. The van der Waals surface area contributed by atoms with E-state index in [0.29, 0.717) is 35.7 Å². The second-order valence-electron chi connectivity index (χ2n) is 8.99. The minimum Gasteiger partial charge on any atom is -0.489 e. The van der Waals surface area contributed by atoms with Crippen LogP contribution in [0.1, 0.15) is 34.3 Å². The van der Waals surface area contributed by atoms with E-state index >= 15 is 0 Å². The molecule has 10 heteroatoms. The molecule has 5 rings (SSSR count). The van der Waals surface area contributed by atoms with Crippen molar-refractivity contribution in [1.82, 2.24) is 9.97 Å². The molecule has 0 spiro atoms. The summed E-state index contributed by atoms with van der Waals surface area (Å²) in [6.45, 7) is 3.06. The topological polar surface area (TPSA) is 131 Å². The SMILES string of the molecule is COC(=O)c1cnc2[nH]cc(-c3ccc(OC4CCOCC4)c(C#N)c3)c2c1S(=O)(=O)c1ccc(C)cc1. The first-order chi connectivity index (χ1) is 18.3. The van der Waals surface area contributed by atoms with Gasteiger partial charge < -0.3 is 19.2 Å². The van der Waals surface area contributed by atoms with Gasteiger partial charge in [0.05, 0.1) is 41.2 Å². The number of nitrogens with one attached hydrogen (secondary N) is 1. The highest BCUT2D eigenvalue weighted by Crippen LogP contribution is 2.38. The van der Waals surface area contributed by atoms with Crippen molar-refractivity contribution < 1.29 is 27.4 Å². The number of nitrogens with zero attached hydrogens (tertiary/aromatic N) is 2. The van der Waals surface area contributed by atoms with Crippen LogP contribution in [0.15, 0.2) is 64.6 Å². The molecule has 0 saturated carbocycles. The van der Waals surface area contributed by atoms with Crippen LogP contribution in [0, 0.1) is 18.3 Å². The number of pyridine rings is 1. The van der Waals surface area contributed by atoms with E-state index in [1.807, 2.05) is 6.92 Å². The zero-order valence-corrected chi connectivity index (χ0v) is 21.7. The number of hydrogen-bond donors (Lipinski definition) is 1. The van der Waals surface area contributed by atoms with Gasteiger partial charge in [-0.05, 0) is 36.8 Å². The van der Waals surface area contributed by atoms with E-state index in [4.69, 9.17) is 14.2 Å². The van der Waals surface area contributed by atoms with Gasteiger partial charge in [0, 0.05) is 36.2 Å². The summed E-state index contributed by atoms with van der Waals surface area (Å²) in [6.07, 6.45) is 4.23. The fourth-order valence-electron chi connectivity index (χ4n) is 4.52. The Balaban J connectivity index is 1.69. The summed E-state index contributed by atoms with van der Waals surface area (Å²) in [6, 6.07) is 13.7. The number of H-pyrrole nitrogens is 1. The Labute approximate surface area is 219 Å². The first-order valence-corrected chi connectivity index (χ1v) is 13.5. The Morgan fingerprint density at radius 2 is 1.89 bits per heavy atom. The number of carbonyl (C=O) groups is 1. The van der Waals surface area contributed by atoms with Crippen LogP contribution in [-0.4, -0.2) is 50.8 Å². The van der Waals surface area contributed by atoms with Crippen LogP contribution in [0.2, 0.25) is 0 Å². The Bertz CT molecular complexity index is 1660. The first-order valence-electron chi connectivity index (χ1n) is 12.0. The predicted octanol–water partition coefficient (Wildman–Crippen LogP) is 4.59. The highest BCUT2D eigenvalue weighted by molar-refractivity contribution is 7.91. The van der Waals surface area contributed by atoms with E-state index in [9.17, 15) is 18.5 Å². The van der Waals surface area contributed by atoms with E-state index in [1.54, 1.807) is 36.5 Å². The molecule has 2 aromatic carbocycles. The minimum atomic E-state index is -4.17. The number of ether oxygens (including phenoxy) is 3. The van der Waals surface area contributed by atoms with Crippen molar-refractivity contribution in [2.75, 3.05) is 20.3 Å². The fourth-order valence-corrected chi connectivity index (χ4v) is 6.16. The number of methoxy groups -OCH3 is 1. The van der Waals surface area contributed by atoms with Gasteiger partial charge in [0.25, 0.3) is 0 Å². The predicted molar refractivity (Wildman–Crippen MR) is 139 cm³/mol. The summed E-state index contributed by atoms with van der Waals surface area (Å²) < 4.78 is 44.2. The molecule has 9 nitrogen and oxygen atoms in total. The van der Waals surface area contributed by atoms with Crippen LogP contribution in [0.3, 0.4) is 0 Å². The van der Waals surface area contributed by atoms with Crippen molar-refractivity contribution in [3.05, 3.63) is 71.5 Å². The maximum atomic E-state index is 13.9. The van der Waals surface area contributed by atoms with Crippen LogP contribution in [0.5, 0.6) is 5.75 Å². The third-order valence-corrected chi connectivity index (χ3v) is 8.39. The summed E-state index contributed by atoms with van der Waals surface area (Å²) in [5.74, 6) is -0.376. The lowest BCUT2D eigenvalue weighted by Gasteiger charge is -2.23. The average molecular weight is 532 g/mol. The number of nitriles is 1. The van der Waals surface area contributed by atoms with Gasteiger partial charge in [0.1, 0.15) is 23.6 Å². The fraction of sp³-hybridized carbons (Fsp3) is 0.250. The van der Waals surface area contributed by atoms with E-state index in [0.717, 1.165) is 18.4 Å². The lowest BCUT2D eigenvalue weighted by atomic mass is 10.0. The number of hydrogen-bond acceptors (Lipinski definition) is 8. The number of benzene rings is 2. The van der Waals surface area contributed by atoms with Crippen molar-refractivity contribution in [2.45, 2.75) is 35.7 Å². The van der Waals surface area contributed by atoms with Crippen molar-refractivity contribution in [2.24, 2.45) is 0 Å². The monoisotopic (exact) mass is 531 g/mol. The Morgan fingerprint density at radius 3 is 2.58 bits per heavy atom. The van der Waals surface area contributed by atoms with E-state index in [1.165, 1.54) is 25.4 Å². The van der Waals surface area contributed by atoms with Crippen LogP contribution in [-0.2, 0) is 19.3 Å². The van der Waals surface area contributed by atoms with Crippen molar-refractivity contribution in [3.8, 4) is 22.9 Å². The lowest BCUT2D eigenvalue weighted by Crippen LogP contribution is -2.26. The van der Waals surface area contributed by atoms with Gasteiger partial charge in [-0.3, -0.25) is 0 Å². The molecule has 0 unspecified atom stereocenters. The number of rotatable bonds is 6. The van der Waals surface area contributed by atoms with Gasteiger partial charge in [0.2, 0.25) is 9.84 Å². The van der Waals surface area contributed by atoms with E-state index < -0.39 is 15.8 Å². The molecule has 38 heavy (non-hydrogen) atoms. The maximum Gasteiger partial charge on any atom is 0.340 e. The number of esters is 1. The summed E-state index contributed by atoms with van der Waals surface area (Å²) in [4.78, 5) is 19.8. The summed E-state index contributed by atoms with van der Waals surface area (Å²) >= 11 is 0. The van der Waals surface area contributed by atoms with Gasteiger partial charge >= 0.3 is 5.97 Å². The molecule has 4 aromatic rings. The highest BCUT2D eigenvalue weighted by atomic mass is 32.2. The number of fused-ring (bicyclic) bond motifs is 1. The molecule has 3 heterocycles. The summed E-state index contributed by atoms with van der Waals surface area (Å²) in [5, 5.41) is 10.1. The molecule has 0 radical (unpaired) electrons. The van der Waals surface area contributed by atoms with Gasteiger partial charge in [0.15, 0.2) is 0 Å². The second kappa shape index (κ2) is 10.3. The quantitative estimate of drug-likeness (QED) is 0.358. The molecule has 1 fully saturated rings. The first kappa shape index (κ1) is 25.4. The molecule has 1 N–H and O–H groups in total. The molecule has 0 aliphatic carbocycles. The number of aromatic amines is 1. The van der Waals surface area contributed by atoms with Gasteiger partial charge in [-0.2, -0.15) is 5.26 Å². The highest BCUT2D eigenvalue weighted by Gasteiger charge is 2.31. The summed E-state index contributed by atoms with van der Waals surface area (Å²) in [5.41, 5.74) is 2.34. The average Bonchev–Trinajstić information content (AvgIpc) is 3.37. The van der Waals surface area contributed by atoms with Crippen LogP contribution in [0.25, 0.3) is 22.2 Å². The second-order valence-corrected chi connectivity index (χ2v) is 10.9. The molecule has 2 aromatic heterocycles. The number of aryl methyl sites for hydroxylation is 1. The molecule has 1 aliphatic rings. The maximum absolute atomic E-state index is 13.9. The smallest absolute Gasteiger partial charge is 0.340 e. The van der Waals surface area contributed by atoms with Gasteiger partial charge in [-0.15, -0.1) is 0 Å². The van der Waals surface area contributed by atoms with Crippen molar-refractivity contribution in [3.63, 3.8) is 0 Å². The number of carbonyl (C=O) groups excluding carboxylic acids is 1. The Hall–Kier alpha value is -4.20. The summed E-state index contributed by atoms with van der Waals surface area (Å²) in [7, 11) is -2.99. The Kier molecular flexibility index (Phi) is 6.89. The molecular formula is C28H25N3O6S. The number of aromatic nitrogens is 2. The Morgan fingerprint density at radius 1 is 1.16 bits per heavy atom. The van der Waals surface area contributed by atoms with Crippen molar-refractivity contribution in [1.29, 1.82) is 5.26 Å². The largest absolute Gasteiger partial charge is 0.489 e. The molecule has 0 atom stereocenters. The number of sulfone groups is 1. The van der Waals surface area contributed by atoms with E-state index in [-0.39, 0.29) is 32.5 Å². The van der Waals surface area contributed by atoms with Gasteiger partial charge in [-0.1, -0.05) is 23.8 Å². The third-order valence-electron chi connectivity index (χ3n) is 6.53. The minimum absolute atomic E-state index is 0.0332. The van der Waals surface area contributed by atoms with E-state index in [2.05, 4.69) is 16.0 Å². The standard InChI is InChI=1S/C28H25N3O6S/c1-17-3-6-21(7-4-17)38(33,34)26-23(28(32)35-2)16-31-27-25(26)22(15-30-27)18-5-8-24(19(13-18)14-29)37-20-9-11-36-12-10-20/h3-8,13,15-16,20H,9-12H2,1-2H3,(H,30,31). The van der Waals surface area contributed by atoms with Crippen LogP contribution < -0.4 is 4.74 Å². The molecule has 1 saturated heterocycles. The zero-order valence-electron chi connectivity index (χ0n) is 20.9. The van der Waals surface area contributed by atoms with Crippen molar-refractivity contribution >= 4 is 26.8 Å². The molecule has 194 valence electrons. The molecule has 0 bridgehead atoms. The zero-order chi connectivity index (χ0) is 26.9. The molecule has 0 amide bonds. The normalized spacial score (nSPS) is 14.2. The van der Waals surface area contributed by atoms with Crippen LogP contribution in [0.4, 0.5) is 0 Å². The van der Waals surface area contributed by atoms with Gasteiger partial charge in [-0.25, -0.2) is 18.2 Å². The lowest BCUT2D eigenvalue weighted by molar-refractivity contribution is 0.0254. The molecular weight excluding hydrogens is 506 g/mol. The van der Waals surface area contributed by atoms with Crippen LogP contribution >= 0.6 is 0 Å². The molecule has 1 aliphatic heterocycles.